The second-order valence-corrected chi connectivity index (χ2v) is 4.70. The summed E-state index contributed by atoms with van der Waals surface area (Å²) in [6.45, 7) is 6.91. The summed E-state index contributed by atoms with van der Waals surface area (Å²) < 4.78 is 0. The number of hydrogen-bond donors (Lipinski definition) is 1. The Bertz CT molecular complexity index is 258. The van der Waals surface area contributed by atoms with Crippen molar-refractivity contribution >= 4 is 11.3 Å². The van der Waals surface area contributed by atoms with Gasteiger partial charge in [0.05, 0.1) is 6.04 Å². The van der Waals surface area contributed by atoms with E-state index in [0.717, 1.165) is 13.1 Å². The highest BCUT2D eigenvalue weighted by atomic mass is 32.1. The summed E-state index contributed by atoms with van der Waals surface area (Å²) in [4.78, 5) is 4.08. The zero-order valence-corrected chi connectivity index (χ0v) is 9.52. The average molecular weight is 210 g/mol. The fourth-order valence-electron chi connectivity index (χ4n) is 2.07. The van der Waals surface area contributed by atoms with E-state index in [2.05, 4.69) is 34.7 Å². The molecule has 78 valence electrons. The minimum atomic E-state index is 0.600. The lowest BCUT2D eigenvalue weighted by Gasteiger charge is -2.27. The summed E-state index contributed by atoms with van der Waals surface area (Å²) in [5.41, 5.74) is 0. The van der Waals surface area contributed by atoms with Gasteiger partial charge in [-0.1, -0.05) is 13.0 Å². The van der Waals surface area contributed by atoms with Crippen molar-refractivity contribution < 1.29 is 0 Å². The molecule has 1 aromatic heterocycles. The van der Waals surface area contributed by atoms with Crippen molar-refractivity contribution in [1.82, 2.24) is 10.2 Å². The van der Waals surface area contributed by atoms with Crippen LogP contribution >= 0.6 is 11.3 Å². The van der Waals surface area contributed by atoms with Crippen LogP contribution in [-0.4, -0.2) is 31.1 Å². The van der Waals surface area contributed by atoms with E-state index < -0.39 is 0 Å². The third-order valence-corrected chi connectivity index (χ3v) is 3.83. The van der Waals surface area contributed by atoms with Gasteiger partial charge in [0.1, 0.15) is 0 Å². The Morgan fingerprint density at radius 2 is 2.57 bits per heavy atom. The molecule has 0 bridgehead atoms. The van der Waals surface area contributed by atoms with Crippen LogP contribution in [0.5, 0.6) is 0 Å². The van der Waals surface area contributed by atoms with Crippen LogP contribution in [0.3, 0.4) is 0 Å². The van der Waals surface area contributed by atoms with Crippen LogP contribution in [0.2, 0.25) is 0 Å². The molecule has 0 spiro atoms. The quantitative estimate of drug-likeness (QED) is 0.804. The highest BCUT2D eigenvalue weighted by molar-refractivity contribution is 7.10. The van der Waals surface area contributed by atoms with Crippen LogP contribution in [0.25, 0.3) is 0 Å². The summed E-state index contributed by atoms with van der Waals surface area (Å²) in [5.74, 6) is 0. The Morgan fingerprint density at radius 3 is 3.29 bits per heavy atom. The van der Waals surface area contributed by atoms with E-state index in [1.807, 2.05) is 11.3 Å². The van der Waals surface area contributed by atoms with Crippen LogP contribution < -0.4 is 5.32 Å². The van der Waals surface area contributed by atoms with Gasteiger partial charge in [-0.3, -0.25) is 4.90 Å². The van der Waals surface area contributed by atoms with Gasteiger partial charge in [0, 0.05) is 18.0 Å². The number of rotatable bonds is 2. The summed E-state index contributed by atoms with van der Waals surface area (Å²) in [6.07, 6.45) is 1.27. The van der Waals surface area contributed by atoms with Crippen molar-refractivity contribution in [3.63, 3.8) is 0 Å². The summed E-state index contributed by atoms with van der Waals surface area (Å²) in [5, 5.41) is 5.69. The first-order valence-electron chi connectivity index (χ1n) is 5.40. The number of nitrogens with zero attached hydrogens (tertiary/aromatic N) is 1. The van der Waals surface area contributed by atoms with Crippen molar-refractivity contribution in [3.8, 4) is 0 Å². The molecule has 2 rings (SSSR count). The smallest absolute Gasteiger partial charge is 0.0566 e. The van der Waals surface area contributed by atoms with Gasteiger partial charge in [0.25, 0.3) is 0 Å². The lowest BCUT2D eigenvalue weighted by Crippen LogP contribution is -2.31. The lowest BCUT2D eigenvalue weighted by molar-refractivity contribution is 0.225. The maximum atomic E-state index is 3.51. The van der Waals surface area contributed by atoms with Gasteiger partial charge in [-0.2, -0.15) is 0 Å². The molecule has 1 atom stereocenters. The van der Waals surface area contributed by atoms with E-state index >= 15 is 0 Å². The molecule has 0 radical (unpaired) electrons. The fraction of sp³-hybridized carbons (Fsp3) is 0.636. The first kappa shape index (κ1) is 10.1. The van der Waals surface area contributed by atoms with Crippen molar-refractivity contribution in [2.24, 2.45) is 0 Å². The number of hydrogen-bond acceptors (Lipinski definition) is 3. The molecule has 1 saturated heterocycles. The van der Waals surface area contributed by atoms with Crippen molar-refractivity contribution in [2.75, 3.05) is 26.2 Å². The second-order valence-electron chi connectivity index (χ2n) is 3.72. The Balaban J connectivity index is 2.12. The molecule has 1 aliphatic rings. The van der Waals surface area contributed by atoms with Gasteiger partial charge >= 0.3 is 0 Å². The first-order chi connectivity index (χ1) is 6.92. The summed E-state index contributed by atoms with van der Waals surface area (Å²) in [6, 6.07) is 5.01. The van der Waals surface area contributed by atoms with Crippen LogP contribution in [0.4, 0.5) is 0 Å². The van der Waals surface area contributed by atoms with Gasteiger partial charge in [0.15, 0.2) is 0 Å². The number of thiophene rings is 1. The molecule has 14 heavy (non-hydrogen) atoms. The number of nitrogens with one attached hydrogen (secondary N) is 1. The molecular weight excluding hydrogens is 192 g/mol. The van der Waals surface area contributed by atoms with E-state index in [1.165, 1.54) is 24.4 Å². The standard InChI is InChI=1S/C11H18N2S/c1-2-13-7-4-6-12-9-10(13)11-5-3-8-14-11/h3,5,8,10,12H,2,4,6-7,9H2,1H3. The lowest BCUT2D eigenvalue weighted by atomic mass is 10.2. The molecule has 3 heteroatoms. The van der Waals surface area contributed by atoms with Crippen molar-refractivity contribution in [2.45, 2.75) is 19.4 Å². The monoisotopic (exact) mass is 210 g/mol. The molecule has 2 nitrogen and oxygen atoms in total. The molecular formula is C11H18N2S. The third-order valence-electron chi connectivity index (χ3n) is 2.86. The minimum absolute atomic E-state index is 0.600. The van der Waals surface area contributed by atoms with Crippen LogP contribution in [0.15, 0.2) is 17.5 Å². The Morgan fingerprint density at radius 1 is 1.64 bits per heavy atom. The Kier molecular flexibility index (Phi) is 3.56. The summed E-state index contributed by atoms with van der Waals surface area (Å²) >= 11 is 1.88. The average Bonchev–Trinajstić information content (AvgIpc) is 2.63. The SMILES string of the molecule is CCN1CCCNCC1c1cccs1. The Labute approximate surface area is 89.9 Å². The Hall–Kier alpha value is -0.380. The highest BCUT2D eigenvalue weighted by Crippen LogP contribution is 2.25. The number of likely N-dealkylation sites (N-methyl/N-ethyl adjacent to an activating group) is 1. The van der Waals surface area contributed by atoms with Crippen LogP contribution in [-0.2, 0) is 0 Å². The van der Waals surface area contributed by atoms with Gasteiger partial charge in [-0.15, -0.1) is 11.3 Å². The fourth-order valence-corrected chi connectivity index (χ4v) is 2.93. The second kappa shape index (κ2) is 4.91. The first-order valence-corrected chi connectivity index (χ1v) is 6.28. The molecule has 1 aromatic rings. The third kappa shape index (κ3) is 2.16. The molecule has 2 heterocycles. The predicted octanol–water partition coefficient (Wildman–Crippen LogP) is 2.10. The van der Waals surface area contributed by atoms with Gasteiger partial charge in [-0.05, 0) is 31.0 Å². The maximum Gasteiger partial charge on any atom is 0.0566 e. The maximum absolute atomic E-state index is 3.51. The zero-order chi connectivity index (χ0) is 9.80. The molecule has 0 saturated carbocycles. The van der Waals surface area contributed by atoms with E-state index in [-0.39, 0.29) is 0 Å². The van der Waals surface area contributed by atoms with E-state index in [1.54, 1.807) is 0 Å². The molecule has 1 N–H and O–H groups in total. The van der Waals surface area contributed by atoms with E-state index in [0.29, 0.717) is 6.04 Å². The van der Waals surface area contributed by atoms with Gasteiger partial charge in [0.2, 0.25) is 0 Å². The molecule has 1 fully saturated rings. The van der Waals surface area contributed by atoms with Crippen molar-refractivity contribution in [1.29, 1.82) is 0 Å². The molecule has 0 amide bonds. The molecule has 1 aliphatic heterocycles. The molecule has 0 aromatic carbocycles. The largest absolute Gasteiger partial charge is 0.315 e. The predicted molar refractivity (Wildman–Crippen MR) is 61.8 cm³/mol. The van der Waals surface area contributed by atoms with Gasteiger partial charge in [-0.25, -0.2) is 0 Å². The summed E-state index contributed by atoms with van der Waals surface area (Å²) in [7, 11) is 0. The topological polar surface area (TPSA) is 15.3 Å². The van der Waals surface area contributed by atoms with Gasteiger partial charge < -0.3 is 5.32 Å². The normalized spacial score (nSPS) is 24.8. The zero-order valence-electron chi connectivity index (χ0n) is 8.70. The van der Waals surface area contributed by atoms with Crippen molar-refractivity contribution in [3.05, 3.63) is 22.4 Å². The molecule has 1 unspecified atom stereocenters. The molecule has 0 aliphatic carbocycles. The van der Waals surface area contributed by atoms with E-state index in [4.69, 9.17) is 0 Å². The van der Waals surface area contributed by atoms with E-state index in [9.17, 15) is 0 Å². The minimum Gasteiger partial charge on any atom is -0.315 e. The highest BCUT2D eigenvalue weighted by Gasteiger charge is 2.21. The van der Waals surface area contributed by atoms with Crippen LogP contribution in [0, 0.1) is 0 Å². The van der Waals surface area contributed by atoms with Crippen LogP contribution in [0.1, 0.15) is 24.3 Å².